The number of carbonyl (C=O) groups excluding carboxylic acids is 11. The zero-order valence-corrected chi connectivity index (χ0v) is 81.8. The van der Waals surface area contributed by atoms with E-state index in [9.17, 15) is 98.5 Å². The molecule has 0 aromatic heterocycles. The average molecular weight is 2210 g/mol. The number of benzene rings is 10. The van der Waals surface area contributed by atoms with Crippen LogP contribution in [0, 0.1) is 27.7 Å². The molecule has 40 nitrogen and oxygen atoms in total. The molecule has 5 heterocycles. The number of hydrogen-bond donors (Lipinski definition) is 14. The number of carbonyl (C=O) groups is 11. The van der Waals surface area contributed by atoms with E-state index in [0.29, 0.717) is 45.7 Å². The summed E-state index contributed by atoms with van der Waals surface area (Å²) in [7, 11) is 31.7. The first-order valence-electron chi connectivity index (χ1n) is 35.9. The number of hydrogen-bond acceptors (Lipinski definition) is 33. The number of para-hydroxylation sites is 5. The van der Waals surface area contributed by atoms with E-state index in [1.807, 2.05) is 10.6 Å². The fraction of sp³-hybridized carbons (Fsp3) is 0.0843. The van der Waals surface area contributed by atoms with Crippen LogP contribution in [0.4, 0.5) is 51.2 Å². The predicted octanol–water partition coefficient (Wildman–Crippen LogP) is 12.6. The number of imide groups is 5. The molecule has 0 atom stereocenters. The zero-order valence-electron chi connectivity index (χ0n) is 69.3. The number of aliphatic hydroxyl groups excluding tert-OH is 1. The number of fused-ring (bicyclic) bond motifs is 5. The summed E-state index contributed by atoms with van der Waals surface area (Å²) in [5, 5.41) is 89.6. The Morgan fingerprint density at radius 2 is 0.579 bits per heavy atom. The monoisotopic (exact) mass is 2210 g/mol. The number of rotatable bonds is 16. The number of phenolic OH excluding ortho intramolecular Hbond substituents is 5. The molecule has 0 bridgehead atoms. The second-order valence-corrected chi connectivity index (χ2v) is 35.3. The van der Waals surface area contributed by atoms with Crippen molar-refractivity contribution in [1.29, 1.82) is 0 Å². The molecule has 5 aliphatic rings. The normalized spacial score (nSPS) is 12.2. The van der Waals surface area contributed by atoms with Gasteiger partial charge in [-0.2, -0.15) is 0 Å². The summed E-state index contributed by atoms with van der Waals surface area (Å²) < 4.78 is 25.2. The van der Waals surface area contributed by atoms with Gasteiger partial charge < -0.3 is 79.0 Å². The number of nitro benzene ring substituents is 2. The van der Waals surface area contributed by atoms with Crippen molar-refractivity contribution in [3.63, 3.8) is 0 Å². The van der Waals surface area contributed by atoms with Crippen molar-refractivity contribution in [2.45, 2.75) is 6.92 Å². The van der Waals surface area contributed by atoms with Gasteiger partial charge in [0.15, 0.2) is 63.8 Å². The van der Waals surface area contributed by atoms with Gasteiger partial charge in [-0.15, -0.1) is 0 Å². The third-order valence-corrected chi connectivity index (χ3v) is 17.7. The van der Waals surface area contributed by atoms with E-state index in [2.05, 4.69) is 35.9 Å². The summed E-state index contributed by atoms with van der Waals surface area (Å²) in [6, 6.07) is 37.4. The molecule has 15 rings (SSSR count). The number of methoxy groups -OCH3 is 5. The van der Waals surface area contributed by atoms with Gasteiger partial charge in [-0.1, -0.05) is 41.9 Å². The van der Waals surface area contributed by atoms with Crippen LogP contribution in [0.3, 0.4) is 0 Å². The van der Waals surface area contributed by atoms with Gasteiger partial charge in [0.25, 0.3) is 70.4 Å². The Kier molecular flexibility index (Phi) is 44.8. The van der Waals surface area contributed by atoms with Gasteiger partial charge in [-0.05, 0) is 116 Å². The standard InChI is InChI=1S/2C24H19N3O6.C8H3ClN2O4.C8H5N3O4.C8H7N3O2.C8H8O3.C2H6O.CH3.5ClH.2Fe.Sn.Y/c2*1-32-19-7-3-5-13(21(19)28)11-25-17-9-15-16(24(31)27-23(15)30)10-18(17)26-12-14-6-4-8-20(33-2)22(14)29;2*9-5-1-3-4(2-6(5)11(14)15)8(13)10-7(3)12;9-5-1-3-4(2-6(5)10)8(13)11-7(3)12;1-11-7-4-2-3-6(5-9)8(7)10;1-2-3;;;;;;;;;;/h2*3-12,28-29H,1-2H3,(H,27,30,31);1-2H,(H,10,12,13);1-2H,9H2,(H,10,12,13);1-2H,9-10H2,(H,11,12,13);2-5,10H,1H3;3H,2H2,1H3;1H3;5*1H;;;;/q;;;;;;;-1;;;;;;;+3;+2;/p-5. The van der Waals surface area contributed by atoms with E-state index in [-0.39, 0.29) is 222 Å². The fourth-order valence-electron chi connectivity index (χ4n) is 11.3. The quantitative estimate of drug-likeness (QED) is 0.00624. The minimum absolute atomic E-state index is 0. The van der Waals surface area contributed by atoms with E-state index in [1.54, 1.807) is 91.9 Å². The number of phenols is 5. The smallest absolute Gasteiger partial charge is 0 e. The molecule has 3 radical (unpaired) electrons. The molecule has 50 heteroatoms. The molecule has 133 heavy (non-hydrogen) atoms. The number of aliphatic hydroxyl groups is 1. The Balaban J connectivity index is 0.000000341. The molecule has 10 aromatic carbocycles. The summed E-state index contributed by atoms with van der Waals surface area (Å²) in [4.78, 5) is 163. The van der Waals surface area contributed by atoms with Crippen LogP contribution >= 0.6 is 59.7 Å². The Morgan fingerprint density at radius 3 is 0.797 bits per heavy atom. The van der Waals surface area contributed by atoms with Crippen LogP contribution in [0.1, 0.15) is 143 Å². The van der Waals surface area contributed by atoms with Crippen LogP contribution in [-0.4, -0.2) is 192 Å². The third-order valence-electron chi connectivity index (χ3n) is 17.4. The molecule has 0 fully saturated rings. The molecule has 5 aliphatic heterocycles. The van der Waals surface area contributed by atoms with Gasteiger partial charge in [0.1, 0.15) is 10.7 Å². The van der Waals surface area contributed by atoms with Gasteiger partial charge in [-0.3, -0.25) is 120 Å². The van der Waals surface area contributed by atoms with Crippen LogP contribution in [0.15, 0.2) is 172 Å². The van der Waals surface area contributed by atoms with Crippen LogP contribution in [0.5, 0.6) is 57.5 Å². The van der Waals surface area contributed by atoms with Crippen LogP contribution < -0.4 is 67.5 Å². The molecular weight excluding hydrogens is 2140 g/mol. The number of aliphatic imine (C=N–C) groups is 4. The summed E-state index contributed by atoms with van der Waals surface area (Å²) in [5.41, 5.74) is 20.3. The van der Waals surface area contributed by atoms with Crippen molar-refractivity contribution in [3.8, 4) is 57.5 Å². The molecular formula is C83H70Cl6Fe2N14O26SnY-. The van der Waals surface area contributed by atoms with Crippen LogP contribution in [0.25, 0.3) is 0 Å². The zero-order chi connectivity index (χ0) is 96.2. The largest absolute Gasteiger partial charge is 0 e. The van der Waals surface area contributed by atoms with E-state index < -0.39 is 99.0 Å². The number of nitrogens with one attached hydrogen (secondary N) is 5. The second-order valence-electron chi connectivity index (χ2n) is 25.2. The number of halogens is 6. The molecule has 10 aromatic rings. The predicted molar refractivity (Wildman–Crippen MR) is 485 cm³/mol. The van der Waals surface area contributed by atoms with E-state index in [0.717, 1.165) is 24.3 Å². The Morgan fingerprint density at radius 1 is 0.391 bits per heavy atom. The molecule has 17 N–H and O–H groups in total. The third kappa shape index (κ3) is 29.0. The Labute approximate surface area is 828 Å². The fourth-order valence-corrected chi connectivity index (χ4v) is 11.6. The first kappa shape index (κ1) is 112. The number of ether oxygens (including phenoxy) is 5. The van der Waals surface area contributed by atoms with Crippen molar-refractivity contribution in [1.82, 2.24) is 26.6 Å². The number of aromatic hydroxyl groups is 5. The van der Waals surface area contributed by atoms with Crippen molar-refractivity contribution in [2.24, 2.45) is 20.0 Å². The molecule has 0 aliphatic carbocycles. The molecule has 10 amide bonds. The van der Waals surface area contributed by atoms with Crippen LogP contribution in [0.2, 0.25) is 5.02 Å². The number of nitro groups is 2. The molecule has 0 saturated heterocycles. The number of nitrogens with two attached hydrogens (primary N) is 3. The van der Waals surface area contributed by atoms with Crippen molar-refractivity contribution in [3.05, 3.63) is 268 Å². The summed E-state index contributed by atoms with van der Waals surface area (Å²) in [6.45, 7) is 1.93. The van der Waals surface area contributed by atoms with Gasteiger partial charge in [-0.25, -0.2) is 0 Å². The SMILES string of the molecule is CCO.COc1cccc(C=Nc2cc3c(cc2N=Cc2cccc(OC)c2O)C(=O)NC3=O)c1O.COc1cccc(C=Nc2cc3c(cc2N=Cc2cccc(OC)c2O)C(=O)NC3=O)c1O.COc1cccc(C=O)c1O.Nc1cc2c(cc1N)C(=O)NC2=O.Nc1cc2c(cc1[N+](=O)[O-])C(=O)NC2=O.O=C1NC(=O)c2cc([N+](=O)[O-])c(Cl)cc21.[CH3-].[Cl][Fe]([Cl])[Cl].[Cl][Sn][Cl].[Fe].[Y]. The summed E-state index contributed by atoms with van der Waals surface area (Å²) in [6.07, 6.45) is 6.18. The number of aldehydes is 1. The number of nitrogen functional groups attached to an aromatic ring is 3. The number of nitrogens with zero attached hydrogens (tertiary/aromatic N) is 6. The summed E-state index contributed by atoms with van der Waals surface area (Å²) in [5.74, 6) is -4.47. The first-order valence-corrected chi connectivity index (χ1v) is 48.0. The second kappa shape index (κ2) is 53.0. The van der Waals surface area contributed by atoms with Crippen molar-refractivity contribution >= 4 is 220 Å². The topological polar surface area (TPSA) is 629 Å². The van der Waals surface area contributed by atoms with Gasteiger partial charge in [0.2, 0.25) is 0 Å². The maximum Gasteiger partial charge on any atom is 0 e. The Bertz CT molecular complexity index is 5780. The molecule has 0 saturated carbocycles. The van der Waals surface area contributed by atoms with Crippen LogP contribution in [-0.2, 0) is 60.9 Å². The van der Waals surface area contributed by atoms with Gasteiger partial charge in [0, 0.05) is 116 Å². The molecule has 0 unspecified atom stereocenters. The first-order chi connectivity index (χ1) is 61.8. The minimum atomic E-state index is -1.33. The van der Waals surface area contributed by atoms with Gasteiger partial charge in [0.05, 0.1) is 141 Å². The Hall–Kier alpha value is -12.9. The number of anilines is 3. The molecule has 694 valence electrons. The maximum atomic E-state index is 12.1. The summed E-state index contributed by atoms with van der Waals surface area (Å²) >= 11 is 3.42. The average Bonchev–Trinajstić information content (AvgIpc) is 1.73. The van der Waals surface area contributed by atoms with Crippen molar-refractivity contribution < 1.29 is 178 Å². The maximum absolute atomic E-state index is 12.1. The minimum Gasteiger partial charge on any atom is 0 e. The number of amides is 10. The van der Waals surface area contributed by atoms with E-state index in [1.165, 1.54) is 103 Å². The van der Waals surface area contributed by atoms with Crippen molar-refractivity contribution in [2.75, 3.05) is 59.4 Å². The van der Waals surface area contributed by atoms with Gasteiger partial charge >= 0.3 is 78.2 Å². The molecule has 0 spiro atoms. The van der Waals surface area contributed by atoms with E-state index >= 15 is 0 Å². The van der Waals surface area contributed by atoms with E-state index in [4.69, 9.17) is 106 Å².